The molecule has 0 N–H and O–H groups in total. The number of nitrogens with zero attached hydrogens (tertiary/aromatic N) is 1. The van der Waals surface area contributed by atoms with Gasteiger partial charge in [0.05, 0.1) is 40.3 Å². The maximum atomic E-state index is 12.9. The molecule has 0 aliphatic carbocycles. The van der Waals surface area contributed by atoms with Crippen molar-refractivity contribution in [2.24, 2.45) is 0 Å². The van der Waals surface area contributed by atoms with E-state index in [2.05, 4.69) is 166 Å². The number of allylic oxidation sites excluding steroid dienone is 26. The van der Waals surface area contributed by atoms with E-state index in [0.29, 0.717) is 23.9 Å². The van der Waals surface area contributed by atoms with Gasteiger partial charge in [-0.1, -0.05) is 223 Å². The summed E-state index contributed by atoms with van der Waals surface area (Å²) in [6, 6.07) is 0. The molecule has 0 radical (unpaired) electrons. The number of esters is 2. The van der Waals surface area contributed by atoms with E-state index in [-0.39, 0.29) is 38.6 Å². The lowest BCUT2D eigenvalue weighted by Crippen LogP contribution is -2.44. The first-order valence-corrected chi connectivity index (χ1v) is 29.6. The van der Waals surface area contributed by atoms with Gasteiger partial charge >= 0.3 is 11.9 Å². The largest absolute Gasteiger partial charge is 0.545 e. The van der Waals surface area contributed by atoms with Crippen LogP contribution in [0.5, 0.6) is 0 Å². The number of carboxylic acid groups (broad SMARTS) is 1. The Morgan fingerprint density at radius 1 is 0.390 bits per heavy atom. The Hall–Kier alpha value is -5.09. The molecule has 2 atom stereocenters. The predicted molar refractivity (Wildman–Crippen MR) is 324 cm³/mol. The van der Waals surface area contributed by atoms with Crippen molar-refractivity contribution in [2.75, 3.05) is 47.5 Å². The molecule has 0 saturated carbocycles. The highest BCUT2D eigenvalue weighted by Crippen LogP contribution is 2.14. The quantitative estimate of drug-likeness (QED) is 0.0195. The van der Waals surface area contributed by atoms with Crippen LogP contribution in [0.4, 0.5) is 0 Å². The number of carboxylic acids is 1. The second-order valence-corrected chi connectivity index (χ2v) is 20.2. The molecule has 0 spiro atoms. The molecule has 432 valence electrons. The number of hydrogen-bond donors (Lipinski definition) is 0. The van der Waals surface area contributed by atoms with Crippen LogP contribution in [0.2, 0.25) is 0 Å². The van der Waals surface area contributed by atoms with E-state index in [0.717, 1.165) is 116 Å². The zero-order valence-corrected chi connectivity index (χ0v) is 49.0. The normalized spacial score (nSPS) is 13.9. The van der Waals surface area contributed by atoms with Crippen LogP contribution in [-0.4, -0.2) is 82.3 Å². The highest BCUT2D eigenvalue weighted by Gasteiger charge is 2.21. The number of carbonyl (C=O) groups is 3. The molecular weight excluding hydrogens is 959 g/mol. The molecule has 9 heteroatoms. The highest BCUT2D eigenvalue weighted by atomic mass is 16.7. The first-order chi connectivity index (χ1) is 37.6. The monoisotopic (exact) mass is 1070 g/mol. The van der Waals surface area contributed by atoms with Crippen molar-refractivity contribution in [1.29, 1.82) is 0 Å². The van der Waals surface area contributed by atoms with Crippen molar-refractivity contribution in [3.63, 3.8) is 0 Å². The van der Waals surface area contributed by atoms with Gasteiger partial charge in [0.2, 0.25) is 0 Å². The molecule has 9 nitrogen and oxygen atoms in total. The molecule has 0 aromatic carbocycles. The Morgan fingerprint density at radius 2 is 0.714 bits per heavy atom. The number of rotatable bonds is 52. The average molecular weight is 1070 g/mol. The summed E-state index contributed by atoms with van der Waals surface area (Å²) in [4.78, 5) is 37.3. The van der Waals surface area contributed by atoms with Gasteiger partial charge in [-0.25, -0.2) is 0 Å². The number of ether oxygens (including phenoxy) is 4. The van der Waals surface area contributed by atoms with Crippen molar-refractivity contribution in [1.82, 2.24) is 0 Å². The third kappa shape index (κ3) is 58.4. The third-order valence-electron chi connectivity index (χ3n) is 11.8. The zero-order valence-electron chi connectivity index (χ0n) is 49.0. The van der Waals surface area contributed by atoms with Gasteiger partial charge in [-0.3, -0.25) is 9.59 Å². The fraction of sp³-hybridized carbons (Fsp3) is 0.574. The summed E-state index contributed by atoms with van der Waals surface area (Å²) in [6.07, 6.45) is 81.5. The molecule has 77 heavy (non-hydrogen) atoms. The Kier molecular flexibility index (Phi) is 53.3. The fourth-order valence-corrected chi connectivity index (χ4v) is 7.29. The van der Waals surface area contributed by atoms with Crippen LogP contribution in [0.3, 0.4) is 0 Å². The van der Waals surface area contributed by atoms with Gasteiger partial charge in [0, 0.05) is 12.8 Å². The van der Waals surface area contributed by atoms with Crippen LogP contribution in [-0.2, 0) is 33.3 Å². The number of unbranched alkanes of at least 4 members (excludes halogenated alkanes) is 11. The van der Waals surface area contributed by atoms with E-state index in [9.17, 15) is 19.5 Å². The van der Waals surface area contributed by atoms with Gasteiger partial charge in [-0.2, -0.15) is 0 Å². The molecule has 2 unspecified atom stereocenters. The lowest BCUT2D eigenvalue weighted by atomic mass is 10.1. The van der Waals surface area contributed by atoms with E-state index in [1.165, 1.54) is 38.5 Å². The van der Waals surface area contributed by atoms with Gasteiger partial charge in [0.15, 0.2) is 12.4 Å². The third-order valence-corrected chi connectivity index (χ3v) is 11.8. The first-order valence-electron chi connectivity index (χ1n) is 29.6. The Balaban J connectivity index is 4.41. The summed E-state index contributed by atoms with van der Waals surface area (Å²) in [5.74, 6) is -2.39. The number of quaternary nitrogens is 1. The summed E-state index contributed by atoms with van der Waals surface area (Å²) >= 11 is 0. The van der Waals surface area contributed by atoms with Crippen molar-refractivity contribution < 1.29 is 42.9 Å². The van der Waals surface area contributed by atoms with Crippen molar-refractivity contribution in [3.8, 4) is 0 Å². The van der Waals surface area contributed by atoms with Gasteiger partial charge in [0.25, 0.3) is 0 Å². The van der Waals surface area contributed by atoms with E-state index in [4.69, 9.17) is 18.9 Å². The smallest absolute Gasteiger partial charge is 0.306 e. The lowest BCUT2D eigenvalue weighted by Gasteiger charge is -2.26. The van der Waals surface area contributed by atoms with Crippen LogP contribution in [0.25, 0.3) is 0 Å². The standard InChI is InChI=1S/C68H107NO8/c1-6-8-10-12-14-16-18-20-22-24-26-28-30-31-32-33-34-35-37-39-41-43-45-47-49-51-53-55-57-59-66(71)77-64(63-76-68(67(72)73)74-61-60-69(3,4)5)62-75-65(70)58-56-54-52-50-48-46-44-42-40-38-36-29-27-25-23-21-19-17-15-13-11-9-7-2/h8-11,14-17,20-23,26-29,31-32,34-35,39,41,45,47,51,53,64,68H,6-7,12-13,18-19,24-25,30,33,36-38,40,42-44,46,48-50,52,54-63H2,1-5H3/b10-8-,11-9-,16-14-,17-15-,22-20-,23-21-,28-26-,29-27-,32-31-,35-34-,41-39-,47-45-,53-51-. The lowest BCUT2D eigenvalue weighted by molar-refractivity contribution is -0.870. The summed E-state index contributed by atoms with van der Waals surface area (Å²) in [5, 5.41) is 11.8. The van der Waals surface area contributed by atoms with Crippen LogP contribution in [0.1, 0.15) is 194 Å². The molecular formula is C68H107NO8. The zero-order chi connectivity index (χ0) is 56.2. The maximum Gasteiger partial charge on any atom is 0.306 e. The maximum absolute atomic E-state index is 12.9. The molecule has 0 rings (SSSR count). The van der Waals surface area contributed by atoms with Gasteiger partial charge in [-0.05, 0) is 116 Å². The van der Waals surface area contributed by atoms with Gasteiger partial charge < -0.3 is 33.3 Å². The van der Waals surface area contributed by atoms with E-state index in [1.807, 2.05) is 27.2 Å². The summed E-state index contributed by atoms with van der Waals surface area (Å²) in [7, 11) is 5.89. The Morgan fingerprint density at radius 3 is 1.08 bits per heavy atom. The van der Waals surface area contributed by atoms with E-state index >= 15 is 0 Å². The minimum absolute atomic E-state index is 0.126. The SMILES string of the molecule is CC/C=C\C/C=C\C/C=C\C/C=C\C/C=C\C/C=C\C/C=C\C/C=C\C/C=C\CCCC(=O)OC(COC(=O)CCCCCCCCCCCC/C=C\C/C=C\C/C=C\C/C=C\CC)COC(OCC[N+](C)(C)C)C(=O)[O-]. The molecule has 0 aliphatic heterocycles. The summed E-state index contributed by atoms with van der Waals surface area (Å²) in [5.41, 5.74) is 0. The number of aliphatic carboxylic acids is 1. The minimum Gasteiger partial charge on any atom is -0.545 e. The second-order valence-electron chi connectivity index (χ2n) is 20.2. The van der Waals surface area contributed by atoms with Crippen molar-refractivity contribution in [2.45, 2.75) is 206 Å². The first kappa shape index (κ1) is 71.9. The average Bonchev–Trinajstić information content (AvgIpc) is 3.40. The summed E-state index contributed by atoms with van der Waals surface area (Å²) < 4.78 is 22.6. The van der Waals surface area contributed by atoms with E-state index < -0.39 is 24.3 Å². The van der Waals surface area contributed by atoms with Crippen LogP contribution in [0.15, 0.2) is 158 Å². The molecule has 0 bridgehead atoms. The Labute approximate surface area is 470 Å². The fourth-order valence-electron chi connectivity index (χ4n) is 7.29. The van der Waals surface area contributed by atoms with Gasteiger partial charge in [-0.15, -0.1) is 0 Å². The predicted octanol–water partition coefficient (Wildman–Crippen LogP) is 16.4. The molecule has 0 heterocycles. The van der Waals surface area contributed by atoms with Crippen LogP contribution in [0, 0.1) is 0 Å². The van der Waals surface area contributed by atoms with Crippen molar-refractivity contribution >= 4 is 17.9 Å². The molecule has 0 aliphatic rings. The van der Waals surface area contributed by atoms with Crippen LogP contribution >= 0.6 is 0 Å². The van der Waals surface area contributed by atoms with Gasteiger partial charge in [0.1, 0.15) is 13.2 Å². The minimum atomic E-state index is -1.65. The number of likely N-dealkylation sites (N-methyl/N-ethyl adjacent to an activating group) is 1. The highest BCUT2D eigenvalue weighted by molar-refractivity contribution is 5.70. The molecule has 0 aromatic heterocycles. The topological polar surface area (TPSA) is 111 Å². The van der Waals surface area contributed by atoms with E-state index in [1.54, 1.807) is 0 Å². The Bertz CT molecular complexity index is 1810. The molecule has 0 saturated heterocycles. The number of carbonyl (C=O) groups excluding carboxylic acids is 3. The second kappa shape index (κ2) is 57.1. The molecule has 0 fully saturated rings. The van der Waals surface area contributed by atoms with Crippen molar-refractivity contribution in [3.05, 3.63) is 158 Å². The molecule has 0 aromatic rings. The van der Waals surface area contributed by atoms with Crippen LogP contribution < -0.4 is 5.11 Å². The number of hydrogen-bond acceptors (Lipinski definition) is 8. The summed E-state index contributed by atoms with van der Waals surface area (Å²) in [6.45, 7) is 4.42. The molecule has 0 amide bonds.